The predicted molar refractivity (Wildman–Crippen MR) is 101 cm³/mol. The summed E-state index contributed by atoms with van der Waals surface area (Å²) in [6.07, 6.45) is -1.57. The topological polar surface area (TPSA) is 149 Å². The van der Waals surface area contributed by atoms with E-state index in [0.717, 1.165) is 4.57 Å². The highest BCUT2D eigenvalue weighted by Gasteiger charge is 2.53. The highest BCUT2D eigenvalue weighted by Crippen LogP contribution is 2.37. The molecule has 2 rings (SSSR count). The molecule has 0 bridgehead atoms. The van der Waals surface area contributed by atoms with Crippen LogP contribution in [0.25, 0.3) is 0 Å². The van der Waals surface area contributed by atoms with Crippen molar-refractivity contribution in [1.29, 1.82) is 0 Å². The zero-order valence-corrected chi connectivity index (χ0v) is 17.4. The maximum absolute atomic E-state index is 12.6. The lowest BCUT2D eigenvalue weighted by molar-refractivity contribution is -0.398. The number of rotatable bonds is 5. The zero-order chi connectivity index (χ0) is 22.1. The molecule has 2 unspecified atom stereocenters. The second-order valence-corrected chi connectivity index (χ2v) is 8.93. The van der Waals surface area contributed by atoms with Crippen molar-refractivity contribution in [3.63, 3.8) is 0 Å². The maximum Gasteiger partial charge on any atom is 0.436 e. The third-order valence-electron chi connectivity index (χ3n) is 4.31. The minimum atomic E-state index is -1.14. The van der Waals surface area contributed by atoms with Crippen molar-refractivity contribution in [3.8, 4) is 0 Å². The van der Waals surface area contributed by atoms with Crippen LogP contribution in [-0.4, -0.2) is 51.3 Å². The van der Waals surface area contributed by atoms with Crippen molar-refractivity contribution in [3.05, 3.63) is 22.5 Å². The molecule has 162 valence electrons. The Morgan fingerprint density at radius 2 is 1.69 bits per heavy atom. The highest BCUT2D eigenvalue weighted by atomic mass is 16.7. The summed E-state index contributed by atoms with van der Waals surface area (Å²) < 4.78 is 18.2. The van der Waals surface area contributed by atoms with Crippen LogP contribution < -0.4 is 5.73 Å². The van der Waals surface area contributed by atoms with Gasteiger partial charge in [-0.05, 0) is 46.5 Å². The van der Waals surface area contributed by atoms with E-state index in [2.05, 4.69) is 4.98 Å². The zero-order valence-electron chi connectivity index (χ0n) is 17.4. The van der Waals surface area contributed by atoms with Gasteiger partial charge in [0.1, 0.15) is 18.5 Å². The number of nitrogens with zero attached hydrogens (tertiary/aromatic N) is 3. The van der Waals surface area contributed by atoms with E-state index in [1.807, 2.05) is 0 Å². The van der Waals surface area contributed by atoms with Gasteiger partial charge in [0.15, 0.2) is 12.2 Å². The van der Waals surface area contributed by atoms with Gasteiger partial charge in [-0.2, -0.15) is 4.57 Å². The Bertz CT molecular complexity index is 778. The number of nitro groups is 1. The number of ether oxygens (including phenoxy) is 3. The average molecular weight is 412 g/mol. The summed E-state index contributed by atoms with van der Waals surface area (Å²) >= 11 is 0. The lowest BCUT2D eigenvalue weighted by atomic mass is 9.96. The highest BCUT2D eigenvalue weighted by molar-refractivity contribution is 5.76. The van der Waals surface area contributed by atoms with Gasteiger partial charge in [0.2, 0.25) is 6.23 Å². The molecule has 0 aliphatic carbocycles. The van der Waals surface area contributed by atoms with E-state index in [1.54, 1.807) is 41.5 Å². The predicted octanol–water partition coefficient (Wildman–Crippen LogP) is 1.56. The lowest BCUT2D eigenvalue weighted by Crippen LogP contribution is -2.45. The summed E-state index contributed by atoms with van der Waals surface area (Å²) in [5.41, 5.74) is 4.11. The first-order valence-corrected chi connectivity index (χ1v) is 9.22. The van der Waals surface area contributed by atoms with Crippen LogP contribution >= 0.6 is 0 Å². The number of hydrogen-bond donors (Lipinski definition) is 1. The number of esters is 2. The van der Waals surface area contributed by atoms with Gasteiger partial charge in [-0.15, -0.1) is 0 Å². The number of nitrogens with two attached hydrogens (primary N) is 1. The van der Waals surface area contributed by atoms with Gasteiger partial charge in [0, 0.05) is 6.54 Å². The molecule has 0 amide bonds. The monoisotopic (exact) mass is 412 g/mol. The van der Waals surface area contributed by atoms with E-state index >= 15 is 0 Å². The van der Waals surface area contributed by atoms with Crippen molar-refractivity contribution in [1.82, 2.24) is 9.55 Å². The third kappa shape index (κ3) is 4.91. The van der Waals surface area contributed by atoms with Crippen LogP contribution in [0.1, 0.15) is 47.8 Å². The summed E-state index contributed by atoms with van der Waals surface area (Å²) in [6, 6.07) is 0. The van der Waals surface area contributed by atoms with E-state index in [1.165, 1.54) is 12.4 Å². The first-order chi connectivity index (χ1) is 13.3. The van der Waals surface area contributed by atoms with Gasteiger partial charge < -0.3 is 30.1 Å². The van der Waals surface area contributed by atoms with Gasteiger partial charge in [-0.3, -0.25) is 9.59 Å². The number of carbonyl (C=O) groups excluding carboxylic acids is 2. The van der Waals surface area contributed by atoms with Crippen molar-refractivity contribution in [2.45, 2.75) is 66.1 Å². The quantitative estimate of drug-likeness (QED) is 0.432. The molecular formula is C18H28N4O7. The maximum atomic E-state index is 12.6. The number of carbonyl (C=O) groups is 2. The molecule has 0 spiro atoms. The second-order valence-electron chi connectivity index (χ2n) is 8.93. The lowest BCUT2D eigenvalue weighted by Gasteiger charge is -2.28. The molecule has 0 saturated carbocycles. The van der Waals surface area contributed by atoms with Gasteiger partial charge in [-0.25, -0.2) is 0 Å². The normalized spacial score (nSPS) is 24.9. The SMILES string of the molecule is CC(C)(C)C(=O)O[C@H]1C(CN)OC(n2ccnc2[N+](=O)[O-])[C@@H]1OC(=O)C(C)(C)C. The fraction of sp³-hybridized carbons (Fsp3) is 0.722. The minimum Gasteiger partial charge on any atom is -0.455 e. The van der Waals surface area contributed by atoms with Crippen molar-refractivity contribution >= 4 is 17.9 Å². The number of imidazole rings is 1. The Morgan fingerprint density at radius 1 is 1.17 bits per heavy atom. The molecule has 11 heteroatoms. The molecule has 2 N–H and O–H groups in total. The van der Waals surface area contributed by atoms with Crippen LogP contribution in [0.5, 0.6) is 0 Å². The third-order valence-corrected chi connectivity index (χ3v) is 4.31. The summed E-state index contributed by atoms with van der Waals surface area (Å²) in [5.74, 6) is -1.61. The second kappa shape index (κ2) is 8.07. The Morgan fingerprint density at radius 3 is 2.14 bits per heavy atom. The van der Waals surface area contributed by atoms with E-state index in [9.17, 15) is 19.7 Å². The van der Waals surface area contributed by atoms with Crippen LogP contribution in [0.4, 0.5) is 5.95 Å². The molecule has 1 aliphatic rings. The summed E-state index contributed by atoms with van der Waals surface area (Å²) in [4.78, 5) is 39.4. The first kappa shape index (κ1) is 22.8. The largest absolute Gasteiger partial charge is 0.455 e. The van der Waals surface area contributed by atoms with E-state index in [0.29, 0.717) is 0 Å². The summed E-state index contributed by atoms with van der Waals surface area (Å²) in [6.45, 7) is 9.97. The summed E-state index contributed by atoms with van der Waals surface area (Å²) in [7, 11) is 0. The Balaban J connectivity index is 2.46. The van der Waals surface area contributed by atoms with Gasteiger partial charge >= 0.3 is 17.9 Å². The van der Waals surface area contributed by atoms with E-state index in [-0.39, 0.29) is 6.54 Å². The molecule has 2 heterocycles. The van der Waals surface area contributed by atoms with Crippen LogP contribution in [0.3, 0.4) is 0 Å². The van der Waals surface area contributed by atoms with Gasteiger partial charge in [0.25, 0.3) is 0 Å². The average Bonchev–Trinajstić information content (AvgIpc) is 3.18. The molecule has 1 aromatic heterocycles. The van der Waals surface area contributed by atoms with Gasteiger partial charge in [0.05, 0.1) is 10.8 Å². The molecule has 1 aliphatic heterocycles. The molecule has 4 atom stereocenters. The fourth-order valence-corrected chi connectivity index (χ4v) is 2.64. The molecular weight excluding hydrogens is 384 g/mol. The number of aromatic nitrogens is 2. The van der Waals surface area contributed by atoms with Crippen molar-refractivity contribution in [2.24, 2.45) is 16.6 Å². The van der Waals surface area contributed by atoms with Crippen LogP contribution in [-0.2, 0) is 23.8 Å². The molecule has 1 aromatic rings. The summed E-state index contributed by atoms with van der Waals surface area (Å²) in [5, 5.41) is 11.3. The Labute approximate surface area is 168 Å². The minimum absolute atomic E-state index is 0.0509. The van der Waals surface area contributed by atoms with Crippen LogP contribution in [0.15, 0.2) is 12.4 Å². The Kier molecular flexibility index (Phi) is 6.33. The number of hydrogen-bond acceptors (Lipinski definition) is 9. The molecule has 1 saturated heterocycles. The fourth-order valence-electron chi connectivity index (χ4n) is 2.64. The van der Waals surface area contributed by atoms with Crippen molar-refractivity contribution < 1.29 is 28.7 Å². The van der Waals surface area contributed by atoms with Crippen LogP contribution in [0.2, 0.25) is 0 Å². The molecule has 1 fully saturated rings. The Hall–Kier alpha value is -2.53. The standard InChI is InChI=1S/C18H28N4O7/c1-17(2,3)14(23)28-11-10(9-19)27-13(12(11)29-15(24)18(4,5)6)21-8-7-20-16(21)22(25)26/h7-8,10-13H,9,19H2,1-6H3/t10?,11-,12+,13?/m0/s1. The van der Waals surface area contributed by atoms with Gasteiger partial charge in [-0.1, -0.05) is 4.98 Å². The van der Waals surface area contributed by atoms with Crippen LogP contribution in [0, 0.1) is 20.9 Å². The molecule has 0 radical (unpaired) electrons. The van der Waals surface area contributed by atoms with E-state index < -0.39 is 58.2 Å². The van der Waals surface area contributed by atoms with E-state index in [4.69, 9.17) is 19.9 Å². The van der Waals surface area contributed by atoms with Crippen molar-refractivity contribution in [2.75, 3.05) is 6.54 Å². The molecule has 0 aromatic carbocycles. The smallest absolute Gasteiger partial charge is 0.436 e. The first-order valence-electron chi connectivity index (χ1n) is 9.22. The molecule has 11 nitrogen and oxygen atoms in total. The molecule has 29 heavy (non-hydrogen) atoms.